The van der Waals surface area contributed by atoms with Gasteiger partial charge in [-0.15, -0.1) is 0 Å². The van der Waals surface area contributed by atoms with Crippen molar-refractivity contribution < 1.29 is 18.0 Å². The van der Waals surface area contributed by atoms with Crippen molar-refractivity contribution >= 4 is 6.03 Å². The van der Waals surface area contributed by atoms with Crippen LogP contribution in [0.4, 0.5) is 18.0 Å². The second-order valence-corrected chi connectivity index (χ2v) is 6.22. The quantitative estimate of drug-likeness (QED) is 0.893. The summed E-state index contributed by atoms with van der Waals surface area (Å²) in [4.78, 5) is 12.1. The lowest BCUT2D eigenvalue weighted by molar-refractivity contribution is -0.187. The molecule has 0 unspecified atom stereocenters. The maximum atomic E-state index is 13.0. The van der Waals surface area contributed by atoms with Crippen LogP contribution in [0.15, 0.2) is 6.20 Å². The Labute approximate surface area is 133 Å². The van der Waals surface area contributed by atoms with Crippen LogP contribution in [0.5, 0.6) is 0 Å². The standard InChI is InChI=1S/C15H23F3N4O/c1-9(11-8-22(3)21-10(11)2)19-14(23)20-13-7-5-4-6-12(13)15(16,17)18/h8-9,12-13H,4-7H2,1-3H3,(H2,19,20,23)/t9-,12+,13+/m0/s1. The van der Waals surface area contributed by atoms with Crippen molar-refractivity contribution in [2.75, 3.05) is 0 Å². The van der Waals surface area contributed by atoms with E-state index in [4.69, 9.17) is 0 Å². The monoisotopic (exact) mass is 332 g/mol. The predicted molar refractivity (Wildman–Crippen MR) is 79.8 cm³/mol. The Balaban J connectivity index is 1.96. The lowest BCUT2D eigenvalue weighted by Crippen LogP contribution is -2.51. The molecule has 0 saturated heterocycles. The van der Waals surface area contributed by atoms with E-state index in [0.717, 1.165) is 11.3 Å². The molecule has 1 aliphatic carbocycles. The summed E-state index contributed by atoms with van der Waals surface area (Å²) >= 11 is 0. The van der Waals surface area contributed by atoms with Crippen LogP contribution in [0.25, 0.3) is 0 Å². The van der Waals surface area contributed by atoms with Crippen molar-refractivity contribution in [1.82, 2.24) is 20.4 Å². The second kappa shape index (κ2) is 6.80. The number of nitrogens with one attached hydrogen (secondary N) is 2. The Hall–Kier alpha value is -1.73. The molecule has 130 valence electrons. The molecule has 2 rings (SSSR count). The Bertz CT molecular complexity index is 555. The van der Waals surface area contributed by atoms with Crippen molar-refractivity contribution in [2.45, 2.75) is 57.8 Å². The fourth-order valence-electron chi connectivity index (χ4n) is 3.22. The number of carbonyl (C=O) groups excluding carboxylic acids is 1. The van der Waals surface area contributed by atoms with Gasteiger partial charge in [-0.1, -0.05) is 12.8 Å². The highest BCUT2D eigenvalue weighted by molar-refractivity contribution is 5.74. The highest BCUT2D eigenvalue weighted by atomic mass is 19.4. The van der Waals surface area contributed by atoms with Gasteiger partial charge in [0.25, 0.3) is 0 Å². The number of nitrogens with zero attached hydrogens (tertiary/aromatic N) is 2. The molecular weight excluding hydrogens is 309 g/mol. The minimum Gasteiger partial charge on any atom is -0.335 e. The molecule has 1 aromatic rings. The summed E-state index contributed by atoms with van der Waals surface area (Å²) in [5.41, 5.74) is 1.63. The number of alkyl halides is 3. The molecule has 0 aromatic carbocycles. The maximum absolute atomic E-state index is 13.0. The molecule has 1 aromatic heterocycles. The van der Waals surface area contributed by atoms with E-state index in [9.17, 15) is 18.0 Å². The van der Waals surface area contributed by atoms with Crippen LogP contribution in [-0.2, 0) is 7.05 Å². The van der Waals surface area contributed by atoms with Gasteiger partial charge in [-0.2, -0.15) is 18.3 Å². The number of hydrogen-bond donors (Lipinski definition) is 2. The van der Waals surface area contributed by atoms with Gasteiger partial charge in [-0.25, -0.2) is 4.79 Å². The van der Waals surface area contributed by atoms with E-state index in [0.29, 0.717) is 19.3 Å². The Kier molecular flexibility index (Phi) is 5.21. The summed E-state index contributed by atoms with van der Waals surface area (Å²) in [5.74, 6) is -1.46. The number of urea groups is 1. The smallest absolute Gasteiger partial charge is 0.335 e. The fourth-order valence-corrected chi connectivity index (χ4v) is 3.22. The van der Waals surface area contributed by atoms with Crippen molar-refractivity contribution in [3.8, 4) is 0 Å². The topological polar surface area (TPSA) is 59.0 Å². The Morgan fingerprint density at radius 3 is 2.61 bits per heavy atom. The third kappa shape index (κ3) is 4.39. The van der Waals surface area contributed by atoms with E-state index in [1.807, 2.05) is 6.92 Å². The van der Waals surface area contributed by atoms with Crippen LogP contribution in [0.2, 0.25) is 0 Å². The molecule has 23 heavy (non-hydrogen) atoms. The van der Waals surface area contributed by atoms with E-state index in [1.54, 1.807) is 24.9 Å². The zero-order valence-corrected chi connectivity index (χ0v) is 13.6. The number of halogens is 3. The van der Waals surface area contributed by atoms with Crippen LogP contribution in [0.3, 0.4) is 0 Å². The molecule has 1 saturated carbocycles. The Morgan fingerprint density at radius 1 is 1.39 bits per heavy atom. The number of aromatic nitrogens is 2. The summed E-state index contributed by atoms with van der Waals surface area (Å²) in [6.45, 7) is 3.61. The van der Waals surface area contributed by atoms with Crippen molar-refractivity contribution in [2.24, 2.45) is 13.0 Å². The van der Waals surface area contributed by atoms with E-state index in [2.05, 4.69) is 15.7 Å². The molecule has 0 aliphatic heterocycles. The molecule has 0 spiro atoms. The number of hydrogen-bond acceptors (Lipinski definition) is 2. The molecular formula is C15H23F3N4O. The molecule has 5 nitrogen and oxygen atoms in total. The average Bonchev–Trinajstić information content (AvgIpc) is 2.77. The summed E-state index contributed by atoms with van der Waals surface area (Å²) in [5, 5.41) is 9.40. The first-order valence-corrected chi connectivity index (χ1v) is 7.82. The zero-order chi connectivity index (χ0) is 17.2. The molecule has 1 heterocycles. The normalized spacial score (nSPS) is 23.4. The molecule has 1 fully saturated rings. The molecule has 3 atom stereocenters. The number of rotatable bonds is 3. The second-order valence-electron chi connectivity index (χ2n) is 6.22. The van der Waals surface area contributed by atoms with Crippen molar-refractivity contribution in [3.63, 3.8) is 0 Å². The molecule has 2 amide bonds. The van der Waals surface area contributed by atoms with Gasteiger partial charge >= 0.3 is 12.2 Å². The number of amides is 2. The van der Waals surface area contributed by atoms with Crippen LogP contribution >= 0.6 is 0 Å². The van der Waals surface area contributed by atoms with Crippen LogP contribution in [-0.4, -0.2) is 28.0 Å². The third-order valence-electron chi connectivity index (χ3n) is 4.37. The largest absolute Gasteiger partial charge is 0.393 e. The van der Waals surface area contributed by atoms with Gasteiger partial charge in [0.15, 0.2) is 0 Å². The maximum Gasteiger partial charge on any atom is 0.393 e. The van der Waals surface area contributed by atoms with E-state index < -0.39 is 24.2 Å². The fraction of sp³-hybridized carbons (Fsp3) is 0.733. The molecule has 8 heteroatoms. The first kappa shape index (κ1) is 17.6. The molecule has 2 N–H and O–H groups in total. The SMILES string of the molecule is Cc1nn(C)cc1[C@H](C)NC(=O)N[C@@H]1CCCC[C@H]1C(F)(F)F. The first-order valence-electron chi connectivity index (χ1n) is 7.82. The summed E-state index contributed by atoms with van der Waals surface area (Å²) < 4.78 is 40.8. The minimum absolute atomic E-state index is 0.0751. The number of carbonyl (C=O) groups is 1. The molecule has 0 bridgehead atoms. The summed E-state index contributed by atoms with van der Waals surface area (Å²) in [6.07, 6.45) is -0.795. The molecule has 1 aliphatic rings. The summed E-state index contributed by atoms with van der Waals surface area (Å²) in [6, 6.07) is -1.75. The van der Waals surface area contributed by atoms with Gasteiger partial charge in [-0.05, 0) is 26.7 Å². The van der Waals surface area contributed by atoms with Gasteiger partial charge in [0.1, 0.15) is 0 Å². The van der Waals surface area contributed by atoms with Crippen molar-refractivity contribution in [1.29, 1.82) is 0 Å². The van der Waals surface area contributed by atoms with Gasteiger partial charge < -0.3 is 10.6 Å². The van der Waals surface area contributed by atoms with E-state index in [-0.39, 0.29) is 12.5 Å². The van der Waals surface area contributed by atoms with Gasteiger partial charge in [-0.3, -0.25) is 4.68 Å². The van der Waals surface area contributed by atoms with Gasteiger partial charge in [0.2, 0.25) is 0 Å². The van der Waals surface area contributed by atoms with Crippen LogP contribution < -0.4 is 10.6 Å². The summed E-state index contributed by atoms with van der Waals surface area (Å²) in [7, 11) is 1.78. The highest BCUT2D eigenvalue weighted by Crippen LogP contribution is 2.37. The predicted octanol–water partition coefficient (Wildman–Crippen LogP) is 3.21. The van der Waals surface area contributed by atoms with Gasteiger partial charge in [0.05, 0.1) is 17.7 Å². The Morgan fingerprint density at radius 2 is 2.04 bits per heavy atom. The van der Waals surface area contributed by atoms with Crippen molar-refractivity contribution in [3.05, 3.63) is 17.5 Å². The lowest BCUT2D eigenvalue weighted by atomic mass is 9.84. The highest BCUT2D eigenvalue weighted by Gasteiger charge is 2.46. The minimum atomic E-state index is -4.27. The average molecular weight is 332 g/mol. The zero-order valence-electron chi connectivity index (χ0n) is 13.6. The van der Waals surface area contributed by atoms with E-state index >= 15 is 0 Å². The molecule has 0 radical (unpaired) electrons. The van der Waals surface area contributed by atoms with Gasteiger partial charge in [0, 0.05) is 24.8 Å². The first-order chi connectivity index (χ1) is 10.7. The van der Waals surface area contributed by atoms with Crippen LogP contribution in [0.1, 0.15) is 49.9 Å². The third-order valence-corrected chi connectivity index (χ3v) is 4.37. The van der Waals surface area contributed by atoms with E-state index in [1.165, 1.54) is 0 Å². The van der Waals surface area contributed by atoms with Crippen LogP contribution in [0, 0.1) is 12.8 Å². The lowest BCUT2D eigenvalue weighted by Gasteiger charge is -2.33. The number of aryl methyl sites for hydroxylation is 2.